The van der Waals surface area contributed by atoms with Crippen LogP contribution in [0.4, 0.5) is 11.4 Å². The highest BCUT2D eigenvalue weighted by Gasteiger charge is 2.20. The molecule has 19 heavy (non-hydrogen) atoms. The normalized spacial score (nSPS) is 10.0. The van der Waals surface area contributed by atoms with Crippen LogP contribution in [0.5, 0.6) is 0 Å². The molecule has 0 unspecified atom stereocenters. The number of benzene rings is 1. The molecule has 102 valence electrons. The lowest BCUT2D eigenvalue weighted by molar-refractivity contribution is -0.384. The van der Waals surface area contributed by atoms with Crippen LogP contribution in [0, 0.1) is 10.1 Å². The SMILES string of the molecule is C=CCSCC(=O)Nc1c(Br)cc(Br)cc1[N+](=O)[O-]. The molecule has 1 amide bonds. The van der Waals surface area contributed by atoms with Crippen molar-refractivity contribution in [1.29, 1.82) is 0 Å². The van der Waals surface area contributed by atoms with E-state index in [0.29, 0.717) is 14.7 Å². The zero-order valence-electron chi connectivity index (χ0n) is 9.69. The van der Waals surface area contributed by atoms with Crippen molar-refractivity contribution in [1.82, 2.24) is 0 Å². The Hall–Kier alpha value is -0.860. The van der Waals surface area contributed by atoms with Crippen LogP contribution in [-0.2, 0) is 4.79 Å². The fraction of sp³-hybridized carbons (Fsp3) is 0.182. The number of hydrogen-bond acceptors (Lipinski definition) is 4. The molecule has 0 atom stereocenters. The van der Waals surface area contributed by atoms with Crippen LogP contribution >= 0.6 is 43.6 Å². The predicted molar refractivity (Wildman–Crippen MR) is 84.6 cm³/mol. The molecule has 1 aromatic carbocycles. The second kappa shape index (κ2) is 7.66. The van der Waals surface area contributed by atoms with Gasteiger partial charge in [-0.3, -0.25) is 14.9 Å². The summed E-state index contributed by atoms with van der Waals surface area (Å²) in [5, 5.41) is 13.5. The molecule has 0 saturated carbocycles. The van der Waals surface area contributed by atoms with Crippen molar-refractivity contribution < 1.29 is 9.72 Å². The molecule has 0 spiro atoms. The Balaban J connectivity index is 2.90. The van der Waals surface area contributed by atoms with E-state index >= 15 is 0 Å². The molecule has 0 aromatic heterocycles. The first-order valence-corrected chi connectivity index (χ1v) is 7.81. The van der Waals surface area contributed by atoms with Gasteiger partial charge in [-0.25, -0.2) is 0 Å². The van der Waals surface area contributed by atoms with Gasteiger partial charge in [-0.05, 0) is 22.0 Å². The first-order chi connectivity index (χ1) is 8.95. The molecular formula is C11H10Br2N2O3S. The maximum atomic E-state index is 11.7. The number of amides is 1. The van der Waals surface area contributed by atoms with E-state index in [4.69, 9.17) is 0 Å². The van der Waals surface area contributed by atoms with Crippen molar-refractivity contribution in [2.24, 2.45) is 0 Å². The molecule has 1 N–H and O–H groups in total. The van der Waals surface area contributed by atoms with Gasteiger partial charge < -0.3 is 5.32 Å². The number of hydrogen-bond donors (Lipinski definition) is 1. The van der Waals surface area contributed by atoms with Crippen molar-refractivity contribution in [3.63, 3.8) is 0 Å². The minimum absolute atomic E-state index is 0.164. The highest BCUT2D eigenvalue weighted by molar-refractivity contribution is 9.11. The smallest absolute Gasteiger partial charge is 0.295 e. The molecule has 8 heteroatoms. The molecule has 0 aliphatic carbocycles. The van der Waals surface area contributed by atoms with Crippen LogP contribution in [0.1, 0.15) is 0 Å². The number of carbonyl (C=O) groups is 1. The van der Waals surface area contributed by atoms with E-state index in [2.05, 4.69) is 43.8 Å². The number of anilines is 1. The predicted octanol–water partition coefficient (Wildman–Crippen LogP) is 3.98. The zero-order chi connectivity index (χ0) is 14.4. The molecule has 0 radical (unpaired) electrons. The van der Waals surface area contributed by atoms with Gasteiger partial charge in [0.05, 0.1) is 10.7 Å². The summed E-state index contributed by atoms with van der Waals surface area (Å²) < 4.78 is 1.01. The third kappa shape index (κ3) is 4.96. The summed E-state index contributed by atoms with van der Waals surface area (Å²) >= 11 is 7.75. The summed E-state index contributed by atoms with van der Waals surface area (Å²) in [7, 11) is 0. The molecule has 1 rings (SSSR count). The van der Waals surface area contributed by atoms with E-state index in [9.17, 15) is 14.9 Å². The minimum atomic E-state index is -0.540. The van der Waals surface area contributed by atoms with Gasteiger partial charge in [0, 0.05) is 20.8 Å². The Morgan fingerprint density at radius 3 is 2.79 bits per heavy atom. The van der Waals surface area contributed by atoms with Gasteiger partial charge in [0.15, 0.2) is 0 Å². The van der Waals surface area contributed by atoms with Crippen LogP contribution < -0.4 is 5.32 Å². The highest BCUT2D eigenvalue weighted by atomic mass is 79.9. The Kier molecular flexibility index (Phi) is 6.53. The van der Waals surface area contributed by atoms with Gasteiger partial charge in [-0.15, -0.1) is 18.3 Å². The van der Waals surface area contributed by atoms with E-state index in [-0.39, 0.29) is 23.0 Å². The van der Waals surface area contributed by atoms with Gasteiger partial charge in [0.2, 0.25) is 5.91 Å². The first kappa shape index (κ1) is 16.2. The molecule has 0 aliphatic heterocycles. The molecule has 1 aromatic rings. The fourth-order valence-corrected chi connectivity index (χ4v) is 3.08. The second-order valence-electron chi connectivity index (χ2n) is 3.39. The van der Waals surface area contributed by atoms with Crippen molar-refractivity contribution in [2.45, 2.75) is 0 Å². The van der Waals surface area contributed by atoms with Crippen LogP contribution in [0.3, 0.4) is 0 Å². The Morgan fingerprint density at radius 2 is 2.21 bits per heavy atom. The summed E-state index contributed by atoms with van der Waals surface area (Å²) in [6, 6.07) is 2.98. The van der Waals surface area contributed by atoms with Gasteiger partial charge in [0.1, 0.15) is 5.69 Å². The van der Waals surface area contributed by atoms with E-state index in [0.717, 1.165) is 0 Å². The number of nitrogens with zero attached hydrogens (tertiary/aromatic N) is 1. The maximum Gasteiger partial charge on any atom is 0.295 e. The number of carbonyl (C=O) groups excluding carboxylic acids is 1. The lowest BCUT2D eigenvalue weighted by atomic mass is 10.2. The van der Waals surface area contributed by atoms with E-state index in [1.54, 1.807) is 12.1 Å². The number of halogens is 2. The molecule has 0 fully saturated rings. The largest absolute Gasteiger partial charge is 0.319 e. The number of nitrogens with one attached hydrogen (secondary N) is 1. The van der Waals surface area contributed by atoms with Gasteiger partial charge >= 0.3 is 0 Å². The topological polar surface area (TPSA) is 72.2 Å². The maximum absolute atomic E-state index is 11.7. The van der Waals surface area contributed by atoms with E-state index in [1.807, 2.05) is 0 Å². The molecule has 0 heterocycles. The third-order valence-corrected chi connectivity index (χ3v) is 3.99. The van der Waals surface area contributed by atoms with E-state index < -0.39 is 4.92 Å². The first-order valence-electron chi connectivity index (χ1n) is 5.07. The molecule has 0 bridgehead atoms. The summed E-state index contributed by atoms with van der Waals surface area (Å²) in [5.41, 5.74) is 0.000670. The monoisotopic (exact) mass is 408 g/mol. The molecular weight excluding hydrogens is 400 g/mol. The lowest BCUT2D eigenvalue weighted by Crippen LogP contribution is -2.15. The zero-order valence-corrected chi connectivity index (χ0v) is 13.7. The van der Waals surface area contributed by atoms with Crippen LogP contribution in [-0.4, -0.2) is 22.3 Å². The molecule has 0 saturated heterocycles. The molecule has 0 aliphatic rings. The Bertz CT molecular complexity index is 523. The van der Waals surface area contributed by atoms with Crippen molar-refractivity contribution >= 4 is 60.9 Å². The van der Waals surface area contributed by atoms with Gasteiger partial charge in [0.25, 0.3) is 5.69 Å². The standard InChI is InChI=1S/C11H10Br2N2O3S/c1-2-3-19-6-10(16)14-11-8(13)4-7(12)5-9(11)15(17)18/h2,4-5H,1,3,6H2,(H,14,16). The van der Waals surface area contributed by atoms with Crippen LogP contribution in [0.15, 0.2) is 33.7 Å². The third-order valence-electron chi connectivity index (χ3n) is 1.96. The van der Waals surface area contributed by atoms with Crippen LogP contribution in [0.25, 0.3) is 0 Å². The average Bonchev–Trinajstić information content (AvgIpc) is 2.32. The minimum Gasteiger partial charge on any atom is -0.319 e. The van der Waals surface area contributed by atoms with Crippen molar-refractivity contribution in [2.75, 3.05) is 16.8 Å². The highest BCUT2D eigenvalue weighted by Crippen LogP contribution is 2.35. The fourth-order valence-electron chi connectivity index (χ4n) is 1.24. The molecule has 5 nitrogen and oxygen atoms in total. The van der Waals surface area contributed by atoms with Crippen LogP contribution in [0.2, 0.25) is 0 Å². The lowest BCUT2D eigenvalue weighted by Gasteiger charge is -2.08. The second-order valence-corrected chi connectivity index (χ2v) is 6.19. The summed E-state index contributed by atoms with van der Waals surface area (Å²) in [4.78, 5) is 22.1. The summed E-state index contributed by atoms with van der Waals surface area (Å²) in [5.74, 6) is 0.570. The Morgan fingerprint density at radius 1 is 1.53 bits per heavy atom. The van der Waals surface area contributed by atoms with Gasteiger partial charge in [-0.1, -0.05) is 22.0 Å². The number of nitro groups is 1. The number of thioether (sulfide) groups is 1. The number of rotatable bonds is 6. The van der Waals surface area contributed by atoms with Gasteiger partial charge in [-0.2, -0.15) is 0 Å². The Labute approximate surface area is 131 Å². The number of nitro benzene ring substituents is 1. The quantitative estimate of drug-likeness (QED) is 0.334. The van der Waals surface area contributed by atoms with Crippen molar-refractivity contribution in [3.05, 3.63) is 43.8 Å². The average molecular weight is 410 g/mol. The summed E-state index contributed by atoms with van der Waals surface area (Å²) in [6.45, 7) is 3.55. The van der Waals surface area contributed by atoms with E-state index in [1.165, 1.54) is 17.8 Å². The summed E-state index contributed by atoms with van der Waals surface area (Å²) in [6.07, 6.45) is 1.69. The van der Waals surface area contributed by atoms with Crippen molar-refractivity contribution in [3.8, 4) is 0 Å².